The molecule has 0 saturated heterocycles. The van der Waals surface area contributed by atoms with Gasteiger partial charge >= 0.3 is 0 Å². The number of amides is 2. The first-order valence-electron chi connectivity index (χ1n) is 11.7. The lowest BCUT2D eigenvalue weighted by molar-refractivity contribution is -0.143. The Morgan fingerprint density at radius 1 is 0.939 bits per heavy atom. The van der Waals surface area contributed by atoms with Gasteiger partial charge in [0, 0.05) is 18.0 Å². The third-order valence-electron chi connectivity index (χ3n) is 5.96. The van der Waals surface area contributed by atoms with Gasteiger partial charge in [0.05, 0.1) is 0 Å². The Labute approximate surface area is 196 Å². The highest BCUT2D eigenvalue weighted by Gasteiger charge is 2.29. The summed E-state index contributed by atoms with van der Waals surface area (Å²) in [6.07, 6.45) is 1.35. The highest BCUT2D eigenvalue weighted by molar-refractivity contribution is 5.90. The molecule has 0 aliphatic heterocycles. The van der Waals surface area contributed by atoms with E-state index in [0.717, 1.165) is 28.3 Å². The summed E-state index contributed by atoms with van der Waals surface area (Å²) in [5.74, 6) is 0.320. The molecule has 174 valence electrons. The molecule has 0 heterocycles. The number of hydrogen-bond acceptors (Lipinski definition) is 3. The van der Waals surface area contributed by atoms with Crippen molar-refractivity contribution >= 4 is 22.6 Å². The largest absolute Gasteiger partial charge is 0.483 e. The zero-order valence-electron chi connectivity index (χ0n) is 20.0. The van der Waals surface area contributed by atoms with Crippen molar-refractivity contribution < 1.29 is 14.3 Å². The Kier molecular flexibility index (Phi) is 8.47. The molecule has 0 aromatic heterocycles. The lowest BCUT2D eigenvalue weighted by Gasteiger charge is -2.31. The van der Waals surface area contributed by atoms with E-state index in [2.05, 4.69) is 5.32 Å². The molecule has 0 aliphatic carbocycles. The van der Waals surface area contributed by atoms with E-state index in [0.29, 0.717) is 18.7 Å². The summed E-state index contributed by atoms with van der Waals surface area (Å²) in [7, 11) is 0. The standard InChI is InChI=1S/C28H34N2O3/c1-5-21(4)29-28(32)25(6-2)30(18-22-16-14-20(3)15-17-22)27(31)19-33-26-13-9-11-23-10-7-8-12-24(23)26/h7-17,21,25H,5-6,18-19H2,1-4H3,(H,29,32)/t21-,25-/m0/s1. The number of hydrogen-bond donors (Lipinski definition) is 1. The molecule has 1 N–H and O–H groups in total. The van der Waals surface area contributed by atoms with Gasteiger partial charge in [-0.1, -0.05) is 80.1 Å². The molecule has 2 atom stereocenters. The van der Waals surface area contributed by atoms with Gasteiger partial charge in [-0.2, -0.15) is 0 Å². The van der Waals surface area contributed by atoms with Crippen LogP contribution in [-0.4, -0.2) is 35.4 Å². The number of ether oxygens (including phenoxy) is 1. The number of nitrogens with zero attached hydrogens (tertiary/aromatic N) is 1. The van der Waals surface area contributed by atoms with Gasteiger partial charge in [-0.15, -0.1) is 0 Å². The first kappa shape index (κ1) is 24.3. The number of aryl methyl sites for hydroxylation is 1. The van der Waals surface area contributed by atoms with Gasteiger partial charge < -0.3 is 15.0 Å². The van der Waals surface area contributed by atoms with E-state index in [1.807, 2.05) is 94.4 Å². The molecule has 2 amide bonds. The zero-order valence-corrected chi connectivity index (χ0v) is 20.0. The maximum atomic E-state index is 13.4. The van der Waals surface area contributed by atoms with Crippen LogP contribution in [0.15, 0.2) is 66.7 Å². The van der Waals surface area contributed by atoms with E-state index in [1.54, 1.807) is 4.90 Å². The molecule has 3 rings (SSSR count). The van der Waals surface area contributed by atoms with Crippen LogP contribution in [0.5, 0.6) is 5.75 Å². The normalized spacial score (nSPS) is 12.7. The molecule has 3 aromatic rings. The van der Waals surface area contributed by atoms with Crippen molar-refractivity contribution in [2.45, 2.75) is 59.2 Å². The second-order valence-corrected chi connectivity index (χ2v) is 8.52. The SMILES string of the molecule is CC[C@H](C)NC(=O)[C@H](CC)N(Cc1ccc(C)cc1)C(=O)COc1cccc2ccccc12. The number of carbonyl (C=O) groups is 2. The average molecular weight is 447 g/mol. The van der Waals surface area contributed by atoms with Crippen molar-refractivity contribution in [2.24, 2.45) is 0 Å². The van der Waals surface area contributed by atoms with Crippen molar-refractivity contribution in [1.82, 2.24) is 10.2 Å². The van der Waals surface area contributed by atoms with Crippen LogP contribution in [0.2, 0.25) is 0 Å². The monoisotopic (exact) mass is 446 g/mol. The fraction of sp³-hybridized carbons (Fsp3) is 0.357. The van der Waals surface area contributed by atoms with Crippen molar-refractivity contribution in [2.75, 3.05) is 6.61 Å². The lowest BCUT2D eigenvalue weighted by atomic mass is 10.1. The number of carbonyl (C=O) groups excluding carboxylic acids is 2. The topological polar surface area (TPSA) is 58.6 Å². The summed E-state index contributed by atoms with van der Waals surface area (Å²) in [5, 5.41) is 5.05. The minimum Gasteiger partial charge on any atom is -0.483 e. The number of benzene rings is 3. The first-order valence-corrected chi connectivity index (χ1v) is 11.7. The summed E-state index contributed by atoms with van der Waals surface area (Å²) < 4.78 is 5.97. The molecule has 0 fully saturated rings. The molecule has 0 bridgehead atoms. The third-order valence-corrected chi connectivity index (χ3v) is 5.96. The second kappa shape index (κ2) is 11.5. The molecule has 5 nitrogen and oxygen atoms in total. The first-order chi connectivity index (χ1) is 15.9. The van der Waals surface area contributed by atoms with Gasteiger partial charge in [0.15, 0.2) is 6.61 Å². The van der Waals surface area contributed by atoms with Crippen LogP contribution in [-0.2, 0) is 16.1 Å². The van der Waals surface area contributed by atoms with Crippen LogP contribution in [0.25, 0.3) is 10.8 Å². The van der Waals surface area contributed by atoms with Crippen LogP contribution in [0.4, 0.5) is 0 Å². The minimum atomic E-state index is -0.566. The maximum absolute atomic E-state index is 13.4. The molecule has 0 saturated carbocycles. The molecule has 33 heavy (non-hydrogen) atoms. The van der Waals surface area contributed by atoms with Crippen LogP contribution in [0.3, 0.4) is 0 Å². The van der Waals surface area contributed by atoms with Crippen molar-refractivity contribution in [3.63, 3.8) is 0 Å². The van der Waals surface area contributed by atoms with Gasteiger partial charge in [-0.05, 0) is 43.7 Å². The van der Waals surface area contributed by atoms with Crippen molar-refractivity contribution in [3.05, 3.63) is 77.9 Å². The third kappa shape index (κ3) is 6.35. The van der Waals surface area contributed by atoms with Gasteiger partial charge in [0.25, 0.3) is 5.91 Å². The highest BCUT2D eigenvalue weighted by Crippen LogP contribution is 2.25. The summed E-state index contributed by atoms with van der Waals surface area (Å²) >= 11 is 0. The van der Waals surface area contributed by atoms with Gasteiger partial charge in [-0.25, -0.2) is 0 Å². The Bertz CT molecular complexity index is 1070. The van der Waals surface area contributed by atoms with E-state index < -0.39 is 6.04 Å². The van der Waals surface area contributed by atoms with Crippen LogP contribution in [0.1, 0.15) is 44.7 Å². The molecule has 0 spiro atoms. The quantitative estimate of drug-likeness (QED) is 0.463. The Morgan fingerprint density at radius 3 is 2.33 bits per heavy atom. The van der Waals surface area contributed by atoms with E-state index >= 15 is 0 Å². The molecule has 0 aliphatic rings. The fourth-order valence-electron chi connectivity index (χ4n) is 3.79. The Morgan fingerprint density at radius 2 is 1.64 bits per heavy atom. The van der Waals surface area contributed by atoms with Gasteiger partial charge in [0.1, 0.15) is 11.8 Å². The van der Waals surface area contributed by atoms with Crippen LogP contribution < -0.4 is 10.1 Å². The van der Waals surface area contributed by atoms with Gasteiger partial charge in [0.2, 0.25) is 5.91 Å². The molecular formula is C28H34N2O3. The molecule has 3 aromatic carbocycles. The number of nitrogens with one attached hydrogen (secondary N) is 1. The number of fused-ring (bicyclic) bond motifs is 1. The van der Waals surface area contributed by atoms with E-state index in [9.17, 15) is 9.59 Å². The fourth-order valence-corrected chi connectivity index (χ4v) is 3.79. The smallest absolute Gasteiger partial charge is 0.261 e. The van der Waals surface area contributed by atoms with Gasteiger partial charge in [-0.3, -0.25) is 9.59 Å². The highest BCUT2D eigenvalue weighted by atomic mass is 16.5. The molecule has 5 heteroatoms. The number of rotatable bonds is 10. The minimum absolute atomic E-state index is 0.0508. The summed E-state index contributed by atoms with van der Waals surface area (Å²) in [6.45, 7) is 8.18. The van der Waals surface area contributed by atoms with E-state index in [4.69, 9.17) is 4.74 Å². The maximum Gasteiger partial charge on any atom is 0.261 e. The second-order valence-electron chi connectivity index (χ2n) is 8.52. The Hall–Kier alpha value is -3.34. The van der Waals surface area contributed by atoms with Crippen molar-refractivity contribution in [3.8, 4) is 5.75 Å². The van der Waals surface area contributed by atoms with Crippen molar-refractivity contribution in [1.29, 1.82) is 0 Å². The lowest BCUT2D eigenvalue weighted by Crippen LogP contribution is -2.51. The molecular weight excluding hydrogens is 412 g/mol. The molecule has 0 unspecified atom stereocenters. The predicted molar refractivity (Wildman–Crippen MR) is 133 cm³/mol. The molecule has 0 radical (unpaired) electrons. The van der Waals surface area contributed by atoms with Crippen LogP contribution in [0, 0.1) is 6.92 Å². The van der Waals surface area contributed by atoms with E-state index in [-0.39, 0.29) is 24.5 Å². The Balaban J connectivity index is 1.82. The van der Waals surface area contributed by atoms with Crippen LogP contribution >= 0.6 is 0 Å². The van der Waals surface area contributed by atoms with E-state index in [1.165, 1.54) is 0 Å². The predicted octanol–water partition coefficient (Wildman–Crippen LogP) is 5.25. The zero-order chi connectivity index (χ0) is 23.8. The summed E-state index contributed by atoms with van der Waals surface area (Å²) in [4.78, 5) is 28.1. The average Bonchev–Trinajstić information content (AvgIpc) is 2.83. The summed E-state index contributed by atoms with van der Waals surface area (Å²) in [5.41, 5.74) is 2.13. The summed E-state index contributed by atoms with van der Waals surface area (Å²) in [6, 6.07) is 21.2.